The van der Waals surface area contributed by atoms with Gasteiger partial charge in [-0.1, -0.05) is 0 Å². The summed E-state index contributed by atoms with van der Waals surface area (Å²) in [6.45, 7) is 2.56. The van der Waals surface area contributed by atoms with Crippen molar-refractivity contribution in [3.05, 3.63) is 0 Å². The van der Waals surface area contributed by atoms with Gasteiger partial charge in [0.25, 0.3) is 0 Å². The van der Waals surface area contributed by atoms with E-state index in [-0.39, 0.29) is 0 Å². The van der Waals surface area contributed by atoms with Crippen LogP contribution in [0.2, 0.25) is 0 Å². The van der Waals surface area contributed by atoms with Crippen LogP contribution in [-0.2, 0) is 0 Å². The maximum absolute atomic E-state index is 5.88. The van der Waals surface area contributed by atoms with Crippen LogP contribution in [0.15, 0.2) is 0 Å². The van der Waals surface area contributed by atoms with Crippen LogP contribution >= 0.6 is 0 Å². The van der Waals surface area contributed by atoms with Gasteiger partial charge in [-0.3, -0.25) is 4.90 Å². The second-order valence-corrected chi connectivity index (χ2v) is 3.20. The van der Waals surface area contributed by atoms with Crippen LogP contribution in [0, 0.1) is 0 Å². The molecule has 2 atom stereocenters. The highest BCUT2D eigenvalue weighted by Crippen LogP contribution is 2.26. The standard InChI is InChI=1S/C7H14N2/c8-6-3-5-9-4-1-2-7(6)9/h6-7H,1-5,8H2/t6-,7-/m0/s1. The van der Waals surface area contributed by atoms with Gasteiger partial charge in [-0.25, -0.2) is 0 Å². The van der Waals surface area contributed by atoms with E-state index in [9.17, 15) is 0 Å². The van der Waals surface area contributed by atoms with Crippen molar-refractivity contribution in [2.24, 2.45) is 5.73 Å². The van der Waals surface area contributed by atoms with Crippen LogP contribution in [0.5, 0.6) is 0 Å². The van der Waals surface area contributed by atoms with Crippen molar-refractivity contribution in [3.63, 3.8) is 0 Å². The first kappa shape index (κ1) is 5.69. The quantitative estimate of drug-likeness (QED) is 0.502. The molecule has 2 N–H and O–H groups in total. The van der Waals surface area contributed by atoms with Crippen molar-refractivity contribution < 1.29 is 0 Å². The van der Waals surface area contributed by atoms with Crippen molar-refractivity contribution in [3.8, 4) is 0 Å². The summed E-state index contributed by atoms with van der Waals surface area (Å²) in [5.74, 6) is 0. The molecule has 0 aromatic carbocycles. The third-order valence-corrected chi connectivity index (χ3v) is 2.66. The van der Waals surface area contributed by atoms with Gasteiger partial charge in [0.2, 0.25) is 0 Å². The van der Waals surface area contributed by atoms with Crippen molar-refractivity contribution in [2.75, 3.05) is 13.1 Å². The largest absolute Gasteiger partial charge is 0.326 e. The molecule has 2 rings (SSSR count). The van der Waals surface area contributed by atoms with E-state index in [0.717, 1.165) is 6.04 Å². The highest BCUT2D eigenvalue weighted by Gasteiger charge is 2.34. The Morgan fingerprint density at radius 1 is 1.22 bits per heavy atom. The number of nitrogens with two attached hydrogens (primary N) is 1. The number of fused-ring (bicyclic) bond motifs is 1. The molecule has 0 unspecified atom stereocenters. The van der Waals surface area contributed by atoms with E-state index in [1.54, 1.807) is 0 Å². The average Bonchev–Trinajstić information content (AvgIpc) is 2.35. The van der Waals surface area contributed by atoms with Crippen molar-refractivity contribution in [1.29, 1.82) is 0 Å². The van der Waals surface area contributed by atoms with E-state index in [1.807, 2.05) is 0 Å². The molecule has 0 radical (unpaired) electrons. The maximum atomic E-state index is 5.88. The number of rotatable bonds is 0. The van der Waals surface area contributed by atoms with E-state index >= 15 is 0 Å². The van der Waals surface area contributed by atoms with Crippen LogP contribution in [-0.4, -0.2) is 30.1 Å². The van der Waals surface area contributed by atoms with Gasteiger partial charge in [0.15, 0.2) is 0 Å². The Morgan fingerprint density at radius 3 is 2.89 bits per heavy atom. The monoisotopic (exact) mass is 126 g/mol. The molecule has 2 aliphatic heterocycles. The van der Waals surface area contributed by atoms with Crippen molar-refractivity contribution in [1.82, 2.24) is 4.90 Å². The molecule has 0 bridgehead atoms. The predicted octanol–water partition coefficient (Wildman–Crippen LogP) is 0.182. The molecule has 2 heterocycles. The lowest BCUT2D eigenvalue weighted by molar-refractivity contribution is 0.314. The molecule has 2 saturated heterocycles. The Balaban J connectivity index is 2.07. The molecule has 52 valence electrons. The fraction of sp³-hybridized carbons (Fsp3) is 1.00. The zero-order chi connectivity index (χ0) is 6.27. The van der Waals surface area contributed by atoms with Gasteiger partial charge in [-0.2, -0.15) is 0 Å². The SMILES string of the molecule is N[C@H]1CCN2CCC[C@@H]12. The van der Waals surface area contributed by atoms with E-state index in [0.29, 0.717) is 6.04 Å². The average molecular weight is 126 g/mol. The molecule has 0 saturated carbocycles. The van der Waals surface area contributed by atoms with Crippen LogP contribution in [0.4, 0.5) is 0 Å². The first-order chi connectivity index (χ1) is 4.38. The van der Waals surface area contributed by atoms with Gasteiger partial charge in [0, 0.05) is 18.6 Å². The third-order valence-electron chi connectivity index (χ3n) is 2.66. The lowest BCUT2D eigenvalue weighted by Crippen LogP contribution is -2.34. The second-order valence-electron chi connectivity index (χ2n) is 3.20. The summed E-state index contributed by atoms with van der Waals surface area (Å²) in [7, 11) is 0. The molecule has 9 heavy (non-hydrogen) atoms. The van der Waals surface area contributed by atoms with Crippen LogP contribution in [0.1, 0.15) is 19.3 Å². The van der Waals surface area contributed by atoms with Gasteiger partial charge in [0.1, 0.15) is 0 Å². The lowest BCUT2D eigenvalue weighted by atomic mass is 10.1. The molecule has 2 nitrogen and oxygen atoms in total. The molecule has 2 aliphatic rings. The zero-order valence-corrected chi connectivity index (χ0v) is 5.71. The van der Waals surface area contributed by atoms with Gasteiger partial charge in [-0.15, -0.1) is 0 Å². The Labute approximate surface area is 56.0 Å². The fourth-order valence-corrected chi connectivity index (χ4v) is 2.12. The summed E-state index contributed by atoms with van der Waals surface area (Å²) in [6, 6.07) is 1.25. The summed E-state index contributed by atoms with van der Waals surface area (Å²) in [6.07, 6.45) is 3.95. The molecule has 2 fully saturated rings. The Hall–Kier alpha value is -0.0800. The molecule has 0 amide bonds. The van der Waals surface area contributed by atoms with Gasteiger partial charge >= 0.3 is 0 Å². The normalized spacial score (nSPS) is 43.7. The van der Waals surface area contributed by atoms with Gasteiger partial charge < -0.3 is 5.73 Å². The van der Waals surface area contributed by atoms with Crippen molar-refractivity contribution >= 4 is 0 Å². The van der Waals surface area contributed by atoms with E-state index < -0.39 is 0 Å². The highest BCUT2D eigenvalue weighted by atomic mass is 15.2. The van der Waals surface area contributed by atoms with E-state index in [4.69, 9.17) is 5.73 Å². The molecular weight excluding hydrogens is 112 g/mol. The Bertz CT molecular complexity index is 113. The fourth-order valence-electron chi connectivity index (χ4n) is 2.12. The zero-order valence-electron chi connectivity index (χ0n) is 5.71. The lowest BCUT2D eigenvalue weighted by Gasteiger charge is -2.15. The molecular formula is C7H14N2. The van der Waals surface area contributed by atoms with Crippen molar-refractivity contribution in [2.45, 2.75) is 31.3 Å². The summed E-state index contributed by atoms with van der Waals surface area (Å²) in [5.41, 5.74) is 5.88. The molecule has 2 heteroatoms. The topological polar surface area (TPSA) is 29.3 Å². The summed E-state index contributed by atoms with van der Waals surface area (Å²) in [4.78, 5) is 2.53. The Kier molecular flexibility index (Phi) is 1.24. The summed E-state index contributed by atoms with van der Waals surface area (Å²) in [5, 5.41) is 0. The maximum Gasteiger partial charge on any atom is 0.0248 e. The molecule has 0 aliphatic carbocycles. The molecule has 0 aromatic rings. The first-order valence-electron chi connectivity index (χ1n) is 3.87. The minimum Gasteiger partial charge on any atom is -0.326 e. The van der Waals surface area contributed by atoms with Gasteiger partial charge in [0.05, 0.1) is 0 Å². The second kappa shape index (κ2) is 1.96. The smallest absolute Gasteiger partial charge is 0.0248 e. The van der Waals surface area contributed by atoms with Gasteiger partial charge in [-0.05, 0) is 25.8 Å². The summed E-state index contributed by atoms with van der Waals surface area (Å²) < 4.78 is 0. The number of hydrogen-bond acceptors (Lipinski definition) is 2. The highest BCUT2D eigenvalue weighted by molar-refractivity contribution is 4.93. The van der Waals surface area contributed by atoms with E-state index in [2.05, 4.69) is 4.90 Å². The third kappa shape index (κ3) is 0.775. The van der Waals surface area contributed by atoms with E-state index in [1.165, 1.54) is 32.4 Å². The van der Waals surface area contributed by atoms with Crippen LogP contribution in [0.3, 0.4) is 0 Å². The van der Waals surface area contributed by atoms with Crippen LogP contribution < -0.4 is 5.73 Å². The van der Waals surface area contributed by atoms with Crippen LogP contribution in [0.25, 0.3) is 0 Å². The Morgan fingerprint density at radius 2 is 2.11 bits per heavy atom. The molecule has 0 spiro atoms. The summed E-state index contributed by atoms with van der Waals surface area (Å²) >= 11 is 0. The first-order valence-corrected chi connectivity index (χ1v) is 3.87. The predicted molar refractivity (Wildman–Crippen MR) is 37.2 cm³/mol. The minimum atomic E-state index is 0.493. The molecule has 0 aromatic heterocycles. The minimum absolute atomic E-state index is 0.493. The number of hydrogen-bond donors (Lipinski definition) is 1. The number of nitrogens with zero attached hydrogens (tertiary/aromatic N) is 1.